The molecule has 28 heavy (non-hydrogen) atoms. The Labute approximate surface area is 170 Å². The van der Waals surface area contributed by atoms with Crippen molar-refractivity contribution in [3.05, 3.63) is 51.7 Å². The van der Waals surface area contributed by atoms with Gasteiger partial charge in [-0.15, -0.1) is 11.3 Å². The van der Waals surface area contributed by atoms with E-state index in [0.717, 1.165) is 17.9 Å². The summed E-state index contributed by atoms with van der Waals surface area (Å²) < 4.78 is 12.0. The molecule has 1 aliphatic carbocycles. The molecule has 0 bridgehead atoms. The molecule has 2 heterocycles. The number of aromatic nitrogens is 2. The Balaban J connectivity index is 0.000000300. The molecule has 3 rings (SSSR count). The van der Waals surface area contributed by atoms with Crippen molar-refractivity contribution >= 4 is 29.6 Å². The van der Waals surface area contributed by atoms with Gasteiger partial charge in [0.25, 0.3) is 0 Å². The lowest BCUT2D eigenvalue weighted by atomic mass is 10.2. The summed E-state index contributed by atoms with van der Waals surface area (Å²) in [5, 5.41) is 14.6. The van der Waals surface area contributed by atoms with Crippen LogP contribution in [0.2, 0.25) is 0 Å². The maximum absolute atomic E-state index is 9.79. The molecule has 2 aromatic heterocycles. The summed E-state index contributed by atoms with van der Waals surface area (Å²) in [7, 11) is 0. The Morgan fingerprint density at radius 2 is 2.07 bits per heavy atom. The maximum Gasteiger partial charge on any atom is 0.506 e. The number of rotatable bonds is 6. The van der Waals surface area contributed by atoms with Crippen molar-refractivity contribution in [3.63, 3.8) is 0 Å². The minimum absolute atomic E-state index is 0.500. The summed E-state index contributed by atoms with van der Waals surface area (Å²) in [6.45, 7) is 7.68. The van der Waals surface area contributed by atoms with Crippen LogP contribution in [0.15, 0.2) is 41.1 Å². The van der Waals surface area contributed by atoms with E-state index < -0.39 is 11.8 Å². The average Bonchev–Trinajstić information content (AvgIpc) is 3.12. The van der Waals surface area contributed by atoms with Crippen LogP contribution in [0.1, 0.15) is 57.5 Å². The fraction of sp³-hybridized carbons (Fsp3) is 0.429. The van der Waals surface area contributed by atoms with Crippen molar-refractivity contribution in [3.8, 4) is 0 Å². The summed E-state index contributed by atoms with van der Waals surface area (Å²) in [4.78, 5) is 11.0. The van der Waals surface area contributed by atoms with E-state index in [1.807, 2.05) is 23.0 Å². The molecular formula is C21H28N2O4S. The Morgan fingerprint density at radius 1 is 1.32 bits per heavy atom. The zero-order chi connectivity index (χ0) is 20.6. The van der Waals surface area contributed by atoms with Gasteiger partial charge in [-0.1, -0.05) is 13.0 Å². The van der Waals surface area contributed by atoms with Crippen LogP contribution in [0.5, 0.6) is 0 Å². The van der Waals surface area contributed by atoms with E-state index in [9.17, 15) is 4.79 Å². The van der Waals surface area contributed by atoms with Crippen LogP contribution < -0.4 is 0 Å². The predicted molar refractivity (Wildman–Crippen MR) is 112 cm³/mol. The van der Waals surface area contributed by atoms with Gasteiger partial charge in [0.15, 0.2) is 6.73 Å². The molecule has 0 aromatic carbocycles. The topological polar surface area (TPSA) is 73.6 Å². The Morgan fingerprint density at radius 3 is 2.57 bits per heavy atom. The minimum Gasteiger partial charge on any atom is -0.476 e. The van der Waals surface area contributed by atoms with Gasteiger partial charge in [-0.25, -0.2) is 9.48 Å². The van der Waals surface area contributed by atoms with Crippen LogP contribution in [0.4, 0.5) is 4.79 Å². The van der Waals surface area contributed by atoms with Crippen LogP contribution in [-0.4, -0.2) is 26.6 Å². The molecule has 1 aliphatic rings. The van der Waals surface area contributed by atoms with Gasteiger partial charge in [0.1, 0.15) is 5.60 Å². The molecule has 1 N–H and O–H groups in total. The van der Waals surface area contributed by atoms with Gasteiger partial charge in [0.2, 0.25) is 0 Å². The summed E-state index contributed by atoms with van der Waals surface area (Å²) in [6.07, 6.45) is 8.23. The highest BCUT2D eigenvalue weighted by Gasteiger charge is 2.17. The Bertz CT molecular complexity index is 808. The van der Waals surface area contributed by atoms with E-state index in [0.29, 0.717) is 6.73 Å². The molecule has 0 amide bonds. The summed E-state index contributed by atoms with van der Waals surface area (Å²) >= 11 is 1.72. The highest BCUT2D eigenvalue weighted by molar-refractivity contribution is 7.10. The van der Waals surface area contributed by atoms with E-state index in [-0.39, 0.29) is 0 Å². The molecule has 7 heteroatoms. The number of allylic oxidation sites excluding steroid dienone is 2. The molecule has 1 saturated carbocycles. The predicted octanol–water partition coefficient (Wildman–Crippen LogP) is 6.03. The lowest BCUT2D eigenvalue weighted by molar-refractivity contribution is 0.0150. The Kier molecular flexibility index (Phi) is 7.87. The molecule has 6 nitrogen and oxygen atoms in total. The number of thiophene rings is 1. The first-order chi connectivity index (χ1) is 13.3. The van der Waals surface area contributed by atoms with Crippen LogP contribution >= 0.6 is 11.3 Å². The molecule has 1 fully saturated rings. The monoisotopic (exact) mass is 404 g/mol. The first-order valence-electron chi connectivity index (χ1n) is 9.27. The molecule has 0 saturated heterocycles. The van der Waals surface area contributed by atoms with E-state index in [2.05, 4.69) is 40.3 Å². The number of ether oxygens (including phenoxy) is 2. The zero-order valence-electron chi connectivity index (χ0n) is 16.8. The molecule has 0 radical (unpaired) electrons. The molecule has 2 aromatic rings. The van der Waals surface area contributed by atoms with E-state index in [1.54, 1.807) is 32.1 Å². The van der Waals surface area contributed by atoms with Crippen LogP contribution in [0.25, 0.3) is 12.2 Å². The molecule has 0 aliphatic heterocycles. The second-order valence-corrected chi connectivity index (χ2v) is 8.24. The van der Waals surface area contributed by atoms with Gasteiger partial charge < -0.3 is 14.6 Å². The fourth-order valence-electron chi connectivity index (χ4n) is 2.29. The fourth-order valence-corrected chi connectivity index (χ4v) is 2.91. The van der Waals surface area contributed by atoms with Crippen LogP contribution in [0.3, 0.4) is 0 Å². The van der Waals surface area contributed by atoms with Crippen LogP contribution in [-0.2, 0) is 16.2 Å². The zero-order valence-corrected chi connectivity index (χ0v) is 17.7. The third-order valence-electron chi connectivity index (χ3n) is 3.60. The molecule has 0 spiro atoms. The minimum atomic E-state index is -1.22. The second-order valence-electron chi connectivity index (χ2n) is 7.26. The number of hydrogen-bond donors (Lipinski definition) is 1. The van der Waals surface area contributed by atoms with Gasteiger partial charge >= 0.3 is 6.16 Å². The first kappa shape index (κ1) is 21.8. The van der Waals surface area contributed by atoms with Crippen molar-refractivity contribution in [1.82, 2.24) is 9.78 Å². The number of nitrogens with zero attached hydrogens (tertiary/aromatic N) is 2. The molecular weight excluding hydrogens is 376 g/mol. The lowest BCUT2D eigenvalue weighted by Crippen LogP contribution is -2.22. The van der Waals surface area contributed by atoms with Gasteiger partial charge in [-0.05, 0) is 68.9 Å². The van der Waals surface area contributed by atoms with E-state index in [1.165, 1.54) is 23.3 Å². The number of carboxylic acid groups (broad SMARTS) is 1. The Hall–Kier alpha value is -2.54. The lowest BCUT2D eigenvalue weighted by Gasteiger charge is -2.15. The number of hydrogen-bond acceptors (Lipinski definition) is 5. The van der Waals surface area contributed by atoms with Crippen molar-refractivity contribution < 1.29 is 19.4 Å². The average molecular weight is 405 g/mol. The highest BCUT2D eigenvalue weighted by atomic mass is 32.1. The first-order valence-corrected chi connectivity index (χ1v) is 10.2. The van der Waals surface area contributed by atoms with Crippen molar-refractivity contribution in [1.29, 1.82) is 0 Å². The molecule has 0 atom stereocenters. The highest BCUT2D eigenvalue weighted by Crippen LogP contribution is 2.33. The molecule has 152 valence electrons. The van der Waals surface area contributed by atoms with Gasteiger partial charge in [0.05, 0.1) is 11.5 Å². The van der Waals surface area contributed by atoms with Crippen molar-refractivity contribution in [2.24, 2.45) is 0 Å². The van der Waals surface area contributed by atoms with E-state index >= 15 is 0 Å². The SMILES string of the molecule is CC(C)(C)OC(=O)O.CCC(OCn1ccc(/C=C/c2cccs2)n1)=C1CC1. The second kappa shape index (κ2) is 10.1. The number of carbonyl (C=O) groups is 1. The normalized spacial score (nSPS) is 13.1. The van der Waals surface area contributed by atoms with Gasteiger partial charge in [-0.2, -0.15) is 5.10 Å². The van der Waals surface area contributed by atoms with Gasteiger partial charge in [0, 0.05) is 17.5 Å². The van der Waals surface area contributed by atoms with Crippen molar-refractivity contribution in [2.75, 3.05) is 0 Å². The third kappa shape index (κ3) is 8.43. The summed E-state index contributed by atoms with van der Waals surface area (Å²) in [6, 6.07) is 6.15. The molecule has 0 unspecified atom stereocenters. The van der Waals surface area contributed by atoms with E-state index in [4.69, 9.17) is 9.84 Å². The largest absolute Gasteiger partial charge is 0.506 e. The summed E-state index contributed by atoms with van der Waals surface area (Å²) in [5.74, 6) is 1.15. The third-order valence-corrected chi connectivity index (χ3v) is 4.44. The van der Waals surface area contributed by atoms with Gasteiger partial charge in [-0.3, -0.25) is 0 Å². The smallest absolute Gasteiger partial charge is 0.476 e. The standard InChI is InChI=1S/C16H18N2OS.C5H10O3/c1-2-16(13-5-6-13)19-12-18-10-9-14(17-18)7-8-15-4-3-11-20-15;1-5(2,3)8-4(6)7/h3-4,7-11H,2,5-6,12H2,1H3;1-3H3,(H,6,7)/b8-7+;. The van der Waals surface area contributed by atoms with Crippen LogP contribution in [0, 0.1) is 0 Å². The van der Waals surface area contributed by atoms with Crippen molar-refractivity contribution in [2.45, 2.75) is 59.3 Å². The maximum atomic E-state index is 9.79. The summed E-state index contributed by atoms with van der Waals surface area (Å²) in [5.41, 5.74) is 1.85. The quantitative estimate of drug-likeness (QED) is 0.470.